The molecule has 27 heavy (non-hydrogen) atoms. The first-order valence-electron chi connectivity index (χ1n) is 9.50. The Bertz CT molecular complexity index is 625. The summed E-state index contributed by atoms with van der Waals surface area (Å²) in [5.41, 5.74) is -0.781. The fraction of sp³-hybridized carbons (Fsp3) is 0.789. The molecule has 0 amide bonds. The van der Waals surface area contributed by atoms with Gasteiger partial charge in [-0.1, -0.05) is 6.42 Å². The summed E-state index contributed by atoms with van der Waals surface area (Å²) in [6.45, 7) is 2.51. The van der Waals surface area contributed by atoms with E-state index >= 15 is 0 Å². The van der Waals surface area contributed by atoms with E-state index in [2.05, 4.69) is 0 Å². The maximum absolute atomic E-state index is 12.8. The van der Waals surface area contributed by atoms with E-state index in [0.717, 1.165) is 19.3 Å². The summed E-state index contributed by atoms with van der Waals surface area (Å²) < 4.78 is 21.7. The molecule has 1 heterocycles. The van der Waals surface area contributed by atoms with Crippen molar-refractivity contribution in [2.75, 3.05) is 6.61 Å². The molecule has 3 fully saturated rings. The zero-order valence-corrected chi connectivity index (χ0v) is 15.7. The van der Waals surface area contributed by atoms with Crippen LogP contribution in [-0.4, -0.2) is 42.9 Å². The molecule has 0 aromatic rings. The Labute approximate surface area is 157 Å². The van der Waals surface area contributed by atoms with Crippen molar-refractivity contribution in [3.63, 3.8) is 0 Å². The molecule has 0 aromatic carbocycles. The highest BCUT2D eigenvalue weighted by atomic mass is 16.8. The highest BCUT2D eigenvalue weighted by Gasteiger charge is 2.56. The molecule has 0 spiro atoms. The van der Waals surface area contributed by atoms with Gasteiger partial charge in [0.25, 0.3) is 0 Å². The Kier molecular flexibility index (Phi) is 5.83. The lowest BCUT2D eigenvalue weighted by molar-refractivity contribution is -0.297. The number of ketones is 1. The number of carbonyl (C=O) groups is 4. The van der Waals surface area contributed by atoms with Gasteiger partial charge in [0.1, 0.15) is 5.78 Å². The molecule has 4 atom stereocenters. The van der Waals surface area contributed by atoms with Gasteiger partial charge in [0.05, 0.1) is 18.4 Å². The molecule has 8 heteroatoms. The van der Waals surface area contributed by atoms with E-state index in [1.165, 1.54) is 13.8 Å². The number of esters is 3. The van der Waals surface area contributed by atoms with Gasteiger partial charge in [-0.25, -0.2) is 0 Å². The van der Waals surface area contributed by atoms with Crippen molar-refractivity contribution in [3.05, 3.63) is 0 Å². The SMILES string of the molecule is CC(=O)O[C@H]1C[C@]2(COC(=O)C3CC3)CCCCC(=O)[C@@H]2[C@H](OC(C)=O)O1. The van der Waals surface area contributed by atoms with Gasteiger partial charge in [0, 0.05) is 32.1 Å². The molecule has 1 saturated heterocycles. The van der Waals surface area contributed by atoms with Crippen molar-refractivity contribution in [1.82, 2.24) is 0 Å². The standard InChI is InChI=1S/C19H26O8/c1-11(20)25-15-9-19(10-24-17(23)13-6-7-13)8-4-3-5-14(22)16(19)18(27-15)26-12(2)21/h13,15-16,18H,3-10H2,1-2H3/t15-,16-,18-,19+/m1/s1. The second-order valence-corrected chi connectivity index (χ2v) is 7.75. The topological polar surface area (TPSA) is 105 Å². The van der Waals surface area contributed by atoms with Gasteiger partial charge < -0.3 is 18.9 Å². The third-order valence-electron chi connectivity index (χ3n) is 5.48. The summed E-state index contributed by atoms with van der Waals surface area (Å²) in [4.78, 5) is 48.0. The van der Waals surface area contributed by atoms with E-state index in [4.69, 9.17) is 18.9 Å². The number of ether oxygens (including phenoxy) is 4. The minimum atomic E-state index is -1.16. The van der Waals surface area contributed by atoms with E-state index in [1.807, 2.05) is 0 Å². The zero-order chi connectivity index (χ0) is 19.6. The van der Waals surface area contributed by atoms with Crippen molar-refractivity contribution in [2.24, 2.45) is 17.3 Å². The second-order valence-electron chi connectivity index (χ2n) is 7.75. The molecule has 8 nitrogen and oxygen atoms in total. The van der Waals surface area contributed by atoms with Crippen LogP contribution in [0.3, 0.4) is 0 Å². The van der Waals surface area contributed by atoms with Gasteiger partial charge in [0.15, 0.2) is 0 Å². The molecule has 2 saturated carbocycles. The van der Waals surface area contributed by atoms with E-state index in [9.17, 15) is 19.2 Å². The Morgan fingerprint density at radius 1 is 1.11 bits per heavy atom. The summed E-state index contributed by atoms with van der Waals surface area (Å²) in [6.07, 6.45) is 2.16. The minimum absolute atomic E-state index is 0.0254. The lowest BCUT2D eigenvalue weighted by Crippen LogP contribution is -2.55. The molecule has 1 aliphatic heterocycles. The number of rotatable bonds is 5. The molecule has 3 rings (SSSR count). The zero-order valence-electron chi connectivity index (χ0n) is 15.7. The highest BCUT2D eigenvalue weighted by molar-refractivity contribution is 5.83. The number of hydrogen-bond donors (Lipinski definition) is 0. The van der Waals surface area contributed by atoms with Crippen LogP contribution in [-0.2, 0) is 38.1 Å². The van der Waals surface area contributed by atoms with Crippen LogP contribution in [0.25, 0.3) is 0 Å². The van der Waals surface area contributed by atoms with E-state index in [-0.39, 0.29) is 30.7 Å². The van der Waals surface area contributed by atoms with Crippen LogP contribution in [0.15, 0.2) is 0 Å². The summed E-state index contributed by atoms with van der Waals surface area (Å²) in [5, 5.41) is 0. The van der Waals surface area contributed by atoms with Crippen LogP contribution in [0, 0.1) is 17.3 Å². The Morgan fingerprint density at radius 3 is 2.44 bits per heavy atom. The Morgan fingerprint density at radius 2 is 1.81 bits per heavy atom. The summed E-state index contributed by atoms with van der Waals surface area (Å²) in [6, 6.07) is 0. The summed E-state index contributed by atoms with van der Waals surface area (Å²) >= 11 is 0. The van der Waals surface area contributed by atoms with E-state index in [0.29, 0.717) is 19.3 Å². The fourth-order valence-electron chi connectivity index (χ4n) is 4.09. The van der Waals surface area contributed by atoms with Crippen LogP contribution in [0.5, 0.6) is 0 Å². The van der Waals surface area contributed by atoms with Crippen molar-refractivity contribution >= 4 is 23.7 Å². The smallest absolute Gasteiger partial charge is 0.308 e. The van der Waals surface area contributed by atoms with Gasteiger partial charge in [-0.3, -0.25) is 19.2 Å². The number of carbonyl (C=O) groups excluding carboxylic acids is 4. The van der Waals surface area contributed by atoms with Gasteiger partial charge in [-0.2, -0.15) is 0 Å². The molecule has 3 aliphatic rings. The maximum atomic E-state index is 12.8. The van der Waals surface area contributed by atoms with Crippen LogP contribution in [0.2, 0.25) is 0 Å². The lowest BCUT2D eigenvalue weighted by atomic mass is 9.67. The monoisotopic (exact) mass is 382 g/mol. The number of fused-ring (bicyclic) bond motifs is 1. The molecule has 0 radical (unpaired) electrons. The predicted octanol–water partition coefficient (Wildman–Crippen LogP) is 1.88. The van der Waals surface area contributed by atoms with Crippen LogP contribution >= 0.6 is 0 Å². The highest BCUT2D eigenvalue weighted by Crippen LogP contribution is 2.49. The largest absolute Gasteiger partial charge is 0.465 e. The minimum Gasteiger partial charge on any atom is -0.465 e. The van der Waals surface area contributed by atoms with Crippen LogP contribution in [0.1, 0.15) is 58.8 Å². The van der Waals surface area contributed by atoms with Crippen LogP contribution < -0.4 is 0 Å². The van der Waals surface area contributed by atoms with Crippen molar-refractivity contribution in [3.8, 4) is 0 Å². The molecule has 0 bridgehead atoms. The molecule has 2 aliphatic carbocycles. The van der Waals surface area contributed by atoms with Crippen molar-refractivity contribution < 1.29 is 38.1 Å². The third kappa shape index (κ3) is 4.66. The summed E-state index contributed by atoms with van der Waals surface area (Å²) in [7, 11) is 0. The van der Waals surface area contributed by atoms with E-state index in [1.54, 1.807) is 0 Å². The van der Waals surface area contributed by atoms with Gasteiger partial charge in [0.2, 0.25) is 12.6 Å². The molecule has 150 valence electrons. The van der Waals surface area contributed by atoms with Crippen molar-refractivity contribution in [1.29, 1.82) is 0 Å². The van der Waals surface area contributed by atoms with Gasteiger partial charge in [-0.05, 0) is 25.7 Å². The number of hydrogen-bond acceptors (Lipinski definition) is 8. The average molecular weight is 382 g/mol. The average Bonchev–Trinajstić information content (AvgIpc) is 3.40. The molecular formula is C19H26O8. The normalized spacial score (nSPS) is 33.4. The lowest BCUT2D eigenvalue weighted by Gasteiger charge is -2.47. The van der Waals surface area contributed by atoms with E-state index < -0.39 is 35.9 Å². The maximum Gasteiger partial charge on any atom is 0.308 e. The van der Waals surface area contributed by atoms with Crippen molar-refractivity contribution in [2.45, 2.75) is 71.4 Å². The second kappa shape index (κ2) is 7.96. The molecule has 0 unspecified atom stereocenters. The first-order valence-corrected chi connectivity index (χ1v) is 9.50. The molecule has 0 N–H and O–H groups in total. The molecule has 0 aromatic heterocycles. The quantitative estimate of drug-likeness (QED) is 0.524. The Balaban J connectivity index is 1.88. The fourth-order valence-corrected chi connectivity index (χ4v) is 4.09. The van der Waals surface area contributed by atoms with Gasteiger partial charge >= 0.3 is 17.9 Å². The first kappa shape index (κ1) is 19.8. The third-order valence-corrected chi connectivity index (χ3v) is 5.48. The van der Waals surface area contributed by atoms with Gasteiger partial charge in [-0.15, -0.1) is 0 Å². The predicted molar refractivity (Wildman–Crippen MR) is 89.9 cm³/mol. The first-order chi connectivity index (χ1) is 12.8. The van der Waals surface area contributed by atoms with Crippen LogP contribution in [0.4, 0.5) is 0 Å². The number of Topliss-reactive ketones (excluding diaryl/α,β-unsaturated/α-hetero) is 1. The molecular weight excluding hydrogens is 356 g/mol. The summed E-state index contributed by atoms with van der Waals surface area (Å²) in [5.74, 6) is -2.28. The Hall–Kier alpha value is -1.96.